The first-order valence-electron chi connectivity index (χ1n) is 7.09. The number of hydrogen-bond acceptors (Lipinski definition) is 4. The average Bonchev–Trinajstić information content (AvgIpc) is 2.83. The van der Waals surface area contributed by atoms with Gasteiger partial charge in [-0.2, -0.15) is 0 Å². The smallest absolute Gasteiger partial charge is 0.237 e. The molecular formula is C13H25N3O2. The third-order valence-electron chi connectivity index (χ3n) is 3.90. The summed E-state index contributed by atoms with van der Waals surface area (Å²) in [7, 11) is 0. The van der Waals surface area contributed by atoms with Gasteiger partial charge in [0, 0.05) is 19.1 Å². The van der Waals surface area contributed by atoms with E-state index < -0.39 is 0 Å². The number of nitrogens with two attached hydrogens (primary N) is 1. The van der Waals surface area contributed by atoms with E-state index in [0.29, 0.717) is 12.6 Å². The lowest BCUT2D eigenvalue weighted by atomic mass is 10.1. The Labute approximate surface area is 109 Å². The molecule has 5 nitrogen and oxygen atoms in total. The second kappa shape index (κ2) is 6.50. The van der Waals surface area contributed by atoms with Gasteiger partial charge < -0.3 is 15.8 Å². The van der Waals surface area contributed by atoms with Crippen molar-refractivity contribution in [2.45, 2.75) is 50.8 Å². The minimum Gasteiger partial charge on any atom is -0.373 e. The quantitative estimate of drug-likeness (QED) is 0.731. The summed E-state index contributed by atoms with van der Waals surface area (Å²) in [6.07, 6.45) is 4.32. The molecule has 1 amide bonds. The Morgan fingerprint density at radius 1 is 1.61 bits per heavy atom. The molecule has 2 aliphatic rings. The molecule has 0 spiro atoms. The van der Waals surface area contributed by atoms with Gasteiger partial charge in [-0.25, -0.2) is 0 Å². The third-order valence-corrected chi connectivity index (χ3v) is 3.90. The summed E-state index contributed by atoms with van der Waals surface area (Å²) in [5.41, 5.74) is 5.77. The van der Waals surface area contributed by atoms with Gasteiger partial charge in [-0.15, -0.1) is 0 Å². The van der Waals surface area contributed by atoms with Crippen molar-refractivity contribution < 1.29 is 9.53 Å². The molecule has 2 saturated heterocycles. The van der Waals surface area contributed by atoms with Gasteiger partial charge in [-0.3, -0.25) is 9.69 Å². The molecule has 18 heavy (non-hydrogen) atoms. The Hall–Kier alpha value is -0.650. The predicted molar refractivity (Wildman–Crippen MR) is 70.2 cm³/mol. The van der Waals surface area contributed by atoms with Crippen LogP contribution in [0.1, 0.15) is 32.6 Å². The summed E-state index contributed by atoms with van der Waals surface area (Å²) < 4.78 is 5.78. The highest BCUT2D eigenvalue weighted by Gasteiger charge is 2.32. The van der Waals surface area contributed by atoms with Gasteiger partial charge in [-0.1, -0.05) is 13.3 Å². The van der Waals surface area contributed by atoms with E-state index in [9.17, 15) is 4.79 Å². The van der Waals surface area contributed by atoms with Gasteiger partial charge in [0.2, 0.25) is 5.91 Å². The van der Waals surface area contributed by atoms with Crippen LogP contribution in [0, 0.1) is 0 Å². The maximum absolute atomic E-state index is 11.7. The Morgan fingerprint density at radius 2 is 2.44 bits per heavy atom. The van der Waals surface area contributed by atoms with Crippen molar-refractivity contribution in [3.63, 3.8) is 0 Å². The maximum Gasteiger partial charge on any atom is 0.237 e. The van der Waals surface area contributed by atoms with Crippen molar-refractivity contribution >= 4 is 5.91 Å². The first kappa shape index (κ1) is 13.8. The molecule has 0 aromatic heterocycles. The molecule has 0 aromatic carbocycles. The monoisotopic (exact) mass is 255 g/mol. The van der Waals surface area contributed by atoms with Gasteiger partial charge in [-0.05, 0) is 25.8 Å². The summed E-state index contributed by atoms with van der Waals surface area (Å²) in [6, 6.07) is 0.234. The molecule has 2 aliphatic heterocycles. The van der Waals surface area contributed by atoms with E-state index >= 15 is 0 Å². The molecule has 5 heteroatoms. The fourth-order valence-electron chi connectivity index (χ4n) is 2.80. The molecule has 2 rings (SSSR count). The number of fused-ring (bicyclic) bond motifs is 1. The number of ether oxygens (including phenoxy) is 1. The Balaban J connectivity index is 1.69. The Kier molecular flexibility index (Phi) is 4.97. The largest absolute Gasteiger partial charge is 0.373 e. The van der Waals surface area contributed by atoms with Crippen molar-refractivity contribution in [1.29, 1.82) is 0 Å². The average molecular weight is 255 g/mol. The predicted octanol–water partition coefficient (Wildman–Crippen LogP) is 0.0932. The highest BCUT2D eigenvalue weighted by Crippen LogP contribution is 2.22. The van der Waals surface area contributed by atoms with Crippen molar-refractivity contribution in [1.82, 2.24) is 10.2 Å². The summed E-state index contributed by atoms with van der Waals surface area (Å²) in [5.74, 6) is -0.0519. The first-order valence-corrected chi connectivity index (χ1v) is 7.09. The lowest BCUT2D eigenvalue weighted by Gasteiger charge is -2.35. The molecule has 0 aromatic rings. The molecule has 104 valence electrons. The lowest BCUT2D eigenvalue weighted by molar-refractivity contribution is -0.124. The van der Waals surface area contributed by atoms with Gasteiger partial charge in [0.05, 0.1) is 18.8 Å². The van der Waals surface area contributed by atoms with Crippen LogP contribution in [-0.2, 0) is 9.53 Å². The number of carbonyl (C=O) groups is 1. The first-order chi connectivity index (χ1) is 8.70. The van der Waals surface area contributed by atoms with Crippen LogP contribution in [0.15, 0.2) is 0 Å². The number of carbonyl (C=O) groups excluding carboxylic acids is 1. The van der Waals surface area contributed by atoms with Gasteiger partial charge >= 0.3 is 0 Å². The van der Waals surface area contributed by atoms with Crippen molar-refractivity contribution in [3.05, 3.63) is 0 Å². The number of morpholine rings is 1. The van der Waals surface area contributed by atoms with Crippen LogP contribution in [0.3, 0.4) is 0 Å². The highest BCUT2D eigenvalue weighted by atomic mass is 16.5. The molecule has 2 unspecified atom stereocenters. The fraction of sp³-hybridized carbons (Fsp3) is 0.923. The Bertz CT molecular complexity index is 285. The second-order valence-corrected chi connectivity index (χ2v) is 5.39. The van der Waals surface area contributed by atoms with Crippen molar-refractivity contribution in [2.75, 3.05) is 26.2 Å². The summed E-state index contributed by atoms with van der Waals surface area (Å²) in [6.45, 7) is 5.54. The van der Waals surface area contributed by atoms with Crippen LogP contribution < -0.4 is 11.1 Å². The topological polar surface area (TPSA) is 67.6 Å². The third kappa shape index (κ3) is 3.43. The van der Waals surface area contributed by atoms with Crippen LogP contribution in [0.25, 0.3) is 0 Å². The molecule has 2 fully saturated rings. The minimum absolute atomic E-state index is 0.0519. The Morgan fingerprint density at radius 3 is 3.22 bits per heavy atom. The number of nitrogens with zero attached hydrogens (tertiary/aromatic N) is 1. The molecular weight excluding hydrogens is 230 g/mol. The summed E-state index contributed by atoms with van der Waals surface area (Å²) >= 11 is 0. The number of hydrogen-bond donors (Lipinski definition) is 2. The van der Waals surface area contributed by atoms with Crippen molar-refractivity contribution in [3.8, 4) is 0 Å². The van der Waals surface area contributed by atoms with E-state index in [0.717, 1.165) is 26.0 Å². The van der Waals surface area contributed by atoms with E-state index in [4.69, 9.17) is 10.5 Å². The summed E-state index contributed by atoms with van der Waals surface area (Å²) in [4.78, 5) is 14.2. The van der Waals surface area contributed by atoms with E-state index in [1.54, 1.807) is 0 Å². The second-order valence-electron chi connectivity index (χ2n) is 5.39. The van der Waals surface area contributed by atoms with Crippen LogP contribution in [-0.4, -0.2) is 55.2 Å². The number of nitrogens with one attached hydrogen (secondary N) is 1. The molecule has 0 saturated carbocycles. The number of amides is 1. The molecule has 0 radical (unpaired) electrons. The molecule has 3 N–H and O–H groups in total. The number of rotatable bonds is 5. The van der Waals surface area contributed by atoms with Gasteiger partial charge in [0.1, 0.15) is 0 Å². The van der Waals surface area contributed by atoms with Gasteiger partial charge in [0.25, 0.3) is 0 Å². The lowest BCUT2D eigenvalue weighted by Crippen LogP contribution is -2.51. The summed E-state index contributed by atoms with van der Waals surface area (Å²) in [5, 5.41) is 2.90. The van der Waals surface area contributed by atoms with Crippen LogP contribution >= 0.6 is 0 Å². The maximum atomic E-state index is 11.7. The van der Waals surface area contributed by atoms with Crippen molar-refractivity contribution in [2.24, 2.45) is 5.73 Å². The van der Waals surface area contributed by atoms with Crippen LogP contribution in [0.4, 0.5) is 0 Å². The molecule has 0 bridgehead atoms. The normalized spacial score (nSPS) is 29.9. The zero-order valence-electron chi connectivity index (χ0n) is 11.2. The minimum atomic E-state index is -0.377. The highest BCUT2D eigenvalue weighted by molar-refractivity contribution is 5.81. The zero-order chi connectivity index (χ0) is 13.0. The SMILES string of the molecule is CCC[C@@H](N)C(=O)NCC1CN2CCCC2CO1. The van der Waals surface area contributed by atoms with E-state index in [2.05, 4.69) is 10.2 Å². The molecule has 0 aliphatic carbocycles. The fourth-order valence-corrected chi connectivity index (χ4v) is 2.80. The molecule has 3 atom stereocenters. The van der Waals surface area contributed by atoms with E-state index in [1.165, 1.54) is 19.4 Å². The standard InChI is InChI=1S/C13H25N3O2/c1-2-4-12(14)13(17)15-7-11-8-16-6-3-5-10(16)9-18-11/h10-12H,2-9,14H2,1H3,(H,15,17)/t10?,11?,12-/m1/s1. The zero-order valence-corrected chi connectivity index (χ0v) is 11.2. The van der Waals surface area contributed by atoms with E-state index in [-0.39, 0.29) is 18.1 Å². The van der Waals surface area contributed by atoms with Crippen LogP contribution in [0.5, 0.6) is 0 Å². The van der Waals surface area contributed by atoms with Crippen LogP contribution in [0.2, 0.25) is 0 Å². The van der Waals surface area contributed by atoms with Gasteiger partial charge in [0.15, 0.2) is 0 Å². The molecule has 2 heterocycles. The van der Waals surface area contributed by atoms with E-state index in [1.807, 2.05) is 6.92 Å².